The first-order valence-corrected chi connectivity index (χ1v) is 7.58. The van der Waals surface area contributed by atoms with E-state index in [2.05, 4.69) is 19.2 Å². The quantitative estimate of drug-likeness (QED) is 0.833. The minimum absolute atomic E-state index is 0.219. The second-order valence-corrected chi connectivity index (χ2v) is 7.11. The van der Waals surface area contributed by atoms with E-state index in [0.29, 0.717) is 18.5 Å². The van der Waals surface area contributed by atoms with E-state index in [1.54, 1.807) is 0 Å². The molecular weight excluding hydrogens is 267 g/mol. The van der Waals surface area contributed by atoms with Gasteiger partial charge in [0.25, 0.3) is 0 Å². The first-order chi connectivity index (χ1) is 9.72. The molecule has 1 aliphatic rings. The maximum atomic E-state index is 13.6. The number of nitrogens with two attached hydrogens (primary N) is 1. The molecule has 1 aromatic carbocycles. The smallest absolute Gasteiger partial charge is 0.243 e. The van der Waals surface area contributed by atoms with Crippen molar-refractivity contribution in [1.82, 2.24) is 0 Å². The normalized spacial score (nSPS) is 25.1. The van der Waals surface area contributed by atoms with Crippen LogP contribution in [0.3, 0.4) is 0 Å². The van der Waals surface area contributed by atoms with Gasteiger partial charge < -0.3 is 11.1 Å². The molecule has 4 heteroatoms. The fraction of sp³-hybridized carbons (Fsp3) is 0.588. The number of carbonyl (C=O) groups excluding carboxylic acids is 1. The third-order valence-electron chi connectivity index (χ3n) is 4.58. The van der Waals surface area contributed by atoms with Gasteiger partial charge in [-0.15, -0.1) is 0 Å². The first-order valence-electron chi connectivity index (χ1n) is 7.58. The van der Waals surface area contributed by atoms with E-state index in [1.165, 1.54) is 12.1 Å². The summed E-state index contributed by atoms with van der Waals surface area (Å²) >= 11 is 0. The average molecular weight is 292 g/mol. The van der Waals surface area contributed by atoms with Gasteiger partial charge in [0, 0.05) is 5.69 Å². The van der Waals surface area contributed by atoms with Crippen LogP contribution in [0.1, 0.15) is 51.5 Å². The number of halogens is 1. The average Bonchev–Trinajstić information content (AvgIpc) is 2.48. The minimum Gasteiger partial charge on any atom is -0.371 e. The first kappa shape index (κ1) is 15.8. The number of nitrogens with one attached hydrogen (secondary N) is 1. The van der Waals surface area contributed by atoms with Crippen LogP contribution in [-0.2, 0) is 4.79 Å². The molecule has 1 saturated carbocycles. The van der Waals surface area contributed by atoms with Crippen molar-refractivity contribution in [2.45, 2.75) is 58.4 Å². The van der Waals surface area contributed by atoms with Crippen molar-refractivity contribution in [3.8, 4) is 0 Å². The molecule has 0 aliphatic heterocycles. The summed E-state index contributed by atoms with van der Waals surface area (Å²) in [5, 5.41) is 3.24. The van der Waals surface area contributed by atoms with E-state index in [-0.39, 0.29) is 17.1 Å². The molecule has 0 spiro atoms. The lowest BCUT2D eigenvalue weighted by Crippen LogP contribution is -2.50. The molecule has 1 fully saturated rings. The van der Waals surface area contributed by atoms with E-state index in [9.17, 15) is 9.18 Å². The Hall–Kier alpha value is -1.58. The summed E-state index contributed by atoms with van der Waals surface area (Å²) < 4.78 is 13.6. The van der Waals surface area contributed by atoms with Gasteiger partial charge in [-0.1, -0.05) is 20.3 Å². The summed E-state index contributed by atoms with van der Waals surface area (Å²) in [6, 6.07) is 4.75. The summed E-state index contributed by atoms with van der Waals surface area (Å²) in [5.74, 6) is -0.645. The predicted octanol–water partition coefficient (Wildman–Crippen LogP) is 3.76. The lowest BCUT2D eigenvalue weighted by atomic mass is 9.83. The third kappa shape index (κ3) is 3.74. The van der Waals surface area contributed by atoms with Crippen molar-refractivity contribution in [3.05, 3.63) is 29.6 Å². The second kappa shape index (κ2) is 5.66. The highest BCUT2D eigenvalue weighted by Crippen LogP contribution is 2.39. The lowest BCUT2D eigenvalue weighted by Gasteiger charge is -2.32. The third-order valence-corrected chi connectivity index (χ3v) is 4.58. The summed E-state index contributed by atoms with van der Waals surface area (Å²) in [7, 11) is 0. The van der Waals surface area contributed by atoms with Crippen molar-refractivity contribution in [2.75, 3.05) is 5.32 Å². The molecule has 116 valence electrons. The highest BCUT2D eigenvalue weighted by molar-refractivity contribution is 5.88. The number of primary amides is 1. The van der Waals surface area contributed by atoms with Gasteiger partial charge in [-0.05, 0) is 61.8 Å². The Bertz CT molecular complexity index is 521. The summed E-state index contributed by atoms with van der Waals surface area (Å²) in [4.78, 5) is 12.1. The van der Waals surface area contributed by atoms with Crippen molar-refractivity contribution < 1.29 is 9.18 Å². The van der Waals surface area contributed by atoms with Crippen LogP contribution in [0.25, 0.3) is 0 Å². The number of hydrogen-bond donors (Lipinski definition) is 2. The van der Waals surface area contributed by atoms with Crippen LogP contribution < -0.4 is 11.1 Å². The molecule has 21 heavy (non-hydrogen) atoms. The van der Waals surface area contributed by atoms with E-state index in [4.69, 9.17) is 5.73 Å². The molecule has 1 aliphatic carbocycles. The van der Waals surface area contributed by atoms with E-state index in [1.807, 2.05) is 13.0 Å². The van der Waals surface area contributed by atoms with Crippen LogP contribution in [0.4, 0.5) is 10.1 Å². The van der Waals surface area contributed by atoms with Crippen LogP contribution in [0.5, 0.6) is 0 Å². The lowest BCUT2D eigenvalue weighted by molar-refractivity contribution is -0.122. The van der Waals surface area contributed by atoms with Gasteiger partial charge in [0.05, 0.1) is 0 Å². The molecule has 0 radical (unpaired) electrons. The van der Waals surface area contributed by atoms with E-state index >= 15 is 0 Å². The number of carbonyl (C=O) groups is 1. The van der Waals surface area contributed by atoms with Crippen LogP contribution >= 0.6 is 0 Å². The molecule has 0 saturated heterocycles. The summed E-state index contributed by atoms with van der Waals surface area (Å²) in [6.45, 7) is 6.27. The molecule has 1 amide bonds. The maximum absolute atomic E-state index is 13.6. The van der Waals surface area contributed by atoms with Gasteiger partial charge in [-0.3, -0.25) is 4.79 Å². The standard InChI is InChI=1S/C17H25FN2O/c1-12-9-13(18)11-14(10-12)20-17(15(19)21)6-4-5-16(2,3)7-8-17/h9-11,20H,4-8H2,1-3H3,(H2,19,21). The van der Waals surface area contributed by atoms with E-state index in [0.717, 1.165) is 24.8 Å². The number of benzene rings is 1. The monoisotopic (exact) mass is 292 g/mol. The van der Waals surface area contributed by atoms with Crippen molar-refractivity contribution >= 4 is 11.6 Å². The van der Waals surface area contributed by atoms with Crippen LogP contribution in [0, 0.1) is 18.2 Å². The maximum Gasteiger partial charge on any atom is 0.243 e. The van der Waals surface area contributed by atoms with Gasteiger partial charge in [0.2, 0.25) is 5.91 Å². The Morgan fingerprint density at radius 2 is 1.90 bits per heavy atom. The second-order valence-electron chi connectivity index (χ2n) is 7.11. The highest BCUT2D eigenvalue weighted by atomic mass is 19.1. The predicted molar refractivity (Wildman–Crippen MR) is 83.6 cm³/mol. The Morgan fingerprint density at radius 1 is 1.19 bits per heavy atom. The molecule has 1 aromatic rings. The molecule has 1 unspecified atom stereocenters. The van der Waals surface area contributed by atoms with Crippen molar-refractivity contribution in [2.24, 2.45) is 11.1 Å². The molecule has 3 nitrogen and oxygen atoms in total. The number of amides is 1. The zero-order chi connectivity index (χ0) is 15.7. The largest absolute Gasteiger partial charge is 0.371 e. The Labute approximate surface area is 126 Å². The topological polar surface area (TPSA) is 55.1 Å². The molecule has 1 atom stereocenters. The van der Waals surface area contributed by atoms with Gasteiger partial charge in [-0.2, -0.15) is 0 Å². The molecule has 2 rings (SSSR count). The molecule has 3 N–H and O–H groups in total. The highest BCUT2D eigenvalue weighted by Gasteiger charge is 2.40. The Balaban J connectivity index is 2.28. The number of rotatable bonds is 3. The van der Waals surface area contributed by atoms with Gasteiger partial charge in [-0.25, -0.2) is 4.39 Å². The Kier molecular flexibility index (Phi) is 4.26. The zero-order valence-corrected chi connectivity index (χ0v) is 13.1. The molecule has 0 aromatic heterocycles. The van der Waals surface area contributed by atoms with Gasteiger partial charge in [0.15, 0.2) is 0 Å². The van der Waals surface area contributed by atoms with Gasteiger partial charge >= 0.3 is 0 Å². The van der Waals surface area contributed by atoms with Crippen LogP contribution in [-0.4, -0.2) is 11.4 Å². The number of anilines is 1. The number of aryl methyl sites for hydroxylation is 1. The van der Waals surface area contributed by atoms with Crippen LogP contribution in [0.15, 0.2) is 18.2 Å². The molecule has 0 heterocycles. The Morgan fingerprint density at radius 3 is 2.52 bits per heavy atom. The van der Waals surface area contributed by atoms with Crippen molar-refractivity contribution in [3.63, 3.8) is 0 Å². The molecule has 0 bridgehead atoms. The summed E-state index contributed by atoms with van der Waals surface area (Å²) in [6.07, 6.45) is 4.33. The minimum atomic E-state index is -0.770. The van der Waals surface area contributed by atoms with Gasteiger partial charge in [0.1, 0.15) is 11.4 Å². The fourth-order valence-corrected chi connectivity index (χ4v) is 3.19. The summed E-state index contributed by atoms with van der Waals surface area (Å²) in [5.41, 5.74) is 6.59. The molecular formula is C17H25FN2O. The van der Waals surface area contributed by atoms with E-state index < -0.39 is 5.54 Å². The zero-order valence-electron chi connectivity index (χ0n) is 13.1. The van der Waals surface area contributed by atoms with Crippen molar-refractivity contribution in [1.29, 1.82) is 0 Å². The fourth-order valence-electron chi connectivity index (χ4n) is 3.19. The van der Waals surface area contributed by atoms with Crippen LogP contribution in [0.2, 0.25) is 0 Å². The SMILES string of the molecule is Cc1cc(F)cc(NC2(C(N)=O)CCCC(C)(C)CC2)c1. The number of hydrogen-bond acceptors (Lipinski definition) is 2.